The molecule has 0 aromatic heterocycles. The lowest BCUT2D eigenvalue weighted by Gasteiger charge is -2.48. The molecule has 200 valence electrons. The predicted molar refractivity (Wildman–Crippen MR) is 122 cm³/mol. The molecule has 0 saturated carbocycles. The molecule has 2 aliphatic rings. The molecule has 11 heteroatoms. The van der Waals surface area contributed by atoms with Crippen molar-refractivity contribution in [2.75, 3.05) is 48.8 Å². The van der Waals surface area contributed by atoms with E-state index < -0.39 is 68.0 Å². The van der Waals surface area contributed by atoms with Crippen LogP contribution in [0.3, 0.4) is 0 Å². The molecule has 2 heterocycles. The van der Waals surface area contributed by atoms with Crippen LogP contribution in [0.4, 0.5) is 0 Å². The van der Waals surface area contributed by atoms with Crippen LogP contribution in [0.15, 0.2) is 30.3 Å². The fourth-order valence-corrected chi connectivity index (χ4v) is 4.57. The van der Waals surface area contributed by atoms with Crippen molar-refractivity contribution >= 4 is 0 Å². The summed E-state index contributed by atoms with van der Waals surface area (Å²) >= 11 is 0. The summed E-state index contributed by atoms with van der Waals surface area (Å²) in [6.07, 6.45) is -8.00. The monoisotopic (exact) mass is 502 g/mol. The molecule has 0 aliphatic carbocycles. The number of methoxy groups -OCH3 is 5. The van der Waals surface area contributed by atoms with Crippen molar-refractivity contribution < 1.29 is 52.8 Å². The molecule has 2 saturated heterocycles. The van der Waals surface area contributed by atoms with Crippen molar-refractivity contribution in [3.63, 3.8) is 0 Å². The molecule has 3 rings (SSSR count). The Morgan fingerprint density at radius 2 is 1.40 bits per heavy atom. The van der Waals surface area contributed by atoms with Crippen LogP contribution in [-0.2, 0) is 49.2 Å². The Balaban J connectivity index is 1.85. The maximum absolute atomic E-state index is 10.5. The zero-order valence-corrected chi connectivity index (χ0v) is 20.9. The number of hydrogen-bond acceptors (Lipinski definition) is 11. The molecule has 2 N–H and O–H groups in total. The van der Waals surface area contributed by atoms with Gasteiger partial charge in [0, 0.05) is 35.5 Å². The van der Waals surface area contributed by atoms with Crippen molar-refractivity contribution in [2.24, 2.45) is 0 Å². The Labute approximate surface area is 206 Å². The molecule has 11 nitrogen and oxygen atoms in total. The van der Waals surface area contributed by atoms with Gasteiger partial charge in [0.25, 0.3) is 0 Å². The lowest BCUT2D eigenvalue weighted by atomic mass is 9.96. The Morgan fingerprint density at radius 1 is 0.743 bits per heavy atom. The minimum absolute atomic E-state index is 0.180. The average molecular weight is 503 g/mol. The largest absolute Gasteiger partial charge is 0.394 e. The average Bonchev–Trinajstić information content (AvgIpc) is 2.89. The van der Waals surface area contributed by atoms with E-state index in [1.807, 2.05) is 30.3 Å². The summed E-state index contributed by atoms with van der Waals surface area (Å²) in [4.78, 5) is 0. The standard InChI is InChI=1S/C24H38O11/c1-27-13-16-18(35-24-21(30-4)19(28-2)17(26)15(11-25)33-24)20(29-3)22(23(31-5)34-16)32-12-14-9-7-6-8-10-14/h6-10,15-26H,11-13H2,1-5H3/t15-,16?,17+,18+,19?,20-,21?,22?,23-,24+/m0/s1. The van der Waals surface area contributed by atoms with Gasteiger partial charge in [0.05, 0.1) is 19.8 Å². The van der Waals surface area contributed by atoms with Crippen molar-refractivity contribution in [2.45, 2.75) is 68.0 Å². The Kier molecular flexibility index (Phi) is 11.3. The third-order valence-corrected chi connectivity index (χ3v) is 6.35. The molecule has 35 heavy (non-hydrogen) atoms. The minimum Gasteiger partial charge on any atom is -0.394 e. The first-order valence-corrected chi connectivity index (χ1v) is 11.5. The molecule has 0 spiro atoms. The van der Waals surface area contributed by atoms with Crippen molar-refractivity contribution in [1.82, 2.24) is 0 Å². The predicted octanol–water partition coefficient (Wildman–Crippen LogP) is 0.0978. The number of ether oxygens (including phenoxy) is 9. The maximum atomic E-state index is 10.5. The number of aliphatic hydroxyl groups excluding tert-OH is 2. The highest BCUT2D eigenvalue weighted by molar-refractivity contribution is 5.13. The highest BCUT2D eigenvalue weighted by Gasteiger charge is 2.53. The third-order valence-electron chi connectivity index (χ3n) is 6.35. The van der Waals surface area contributed by atoms with Gasteiger partial charge in [0.1, 0.15) is 48.8 Å². The summed E-state index contributed by atoms with van der Waals surface area (Å²) in [5, 5.41) is 20.3. The number of aliphatic hydroxyl groups is 2. The molecule has 0 amide bonds. The van der Waals surface area contributed by atoms with Crippen LogP contribution < -0.4 is 0 Å². The maximum Gasteiger partial charge on any atom is 0.187 e. The molecule has 2 fully saturated rings. The number of rotatable bonds is 12. The van der Waals surface area contributed by atoms with E-state index >= 15 is 0 Å². The summed E-state index contributed by atoms with van der Waals surface area (Å²) in [6, 6.07) is 9.71. The smallest absolute Gasteiger partial charge is 0.187 e. The highest BCUT2D eigenvalue weighted by atomic mass is 16.8. The second kappa shape index (κ2) is 13.9. The van der Waals surface area contributed by atoms with Gasteiger partial charge in [-0.1, -0.05) is 30.3 Å². The van der Waals surface area contributed by atoms with E-state index in [2.05, 4.69) is 0 Å². The van der Waals surface area contributed by atoms with Crippen molar-refractivity contribution in [1.29, 1.82) is 0 Å². The summed E-state index contributed by atoms with van der Waals surface area (Å²) in [5.41, 5.74) is 0.978. The first-order valence-electron chi connectivity index (χ1n) is 11.5. The second-order valence-electron chi connectivity index (χ2n) is 8.41. The SMILES string of the molecule is COCC1O[C@H](OC)C(OCc2ccccc2)[C@@H](OC)[C@@H]1O[C@H]1O[C@@H](CO)[C@@H](O)C(OC)C1OC. The summed E-state index contributed by atoms with van der Waals surface area (Å²) in [5.74, 6) is 0. The van der Waals surface area contributed by atoms with Crippen LogP contribution in [0.2, 0.25) is 0 Å². The summed E-state index contributed by atoms with van der Waals surface area (Å²) in [6.45, 7) is 0.0591. The number of benzene rings is 1. The van der Waals surface area contributed by atoms with E-state index in [9.17, 15) is 10.2 Å². The van der Waals surface area contributed by atoms with Gasteiger partial charge in [-0.15, -0.1) is 0 Å². The van der Waals surface area contributed by atoms with Gasteiger partial charge < -0.3 is 52.8 Å². The lowest BCUT2D eigenvalue weighted by molar-refractivity contribution is -0.366. The summed E-state index contributed by atoms with van der Waals surface area (Å²) in [7, 11) is 7.55. The van der Waals surface area contributed by atoms with Crippen LogP contribution in [0.1, 0.15) is 5.56 Å². The van der Waals surface area contributed by atoms with Gasteiger partial charge in [0.15, 0.2) is 12.6 Å². The van der Waals surface area contributed by atoms with Crippen LogP contribution >= 0.6 is 0 Å². The fourth-order valence-electron chi connectivity index (χ4n) is 4.57. The van der Waals surface area contributed by atoms with Crippen molar-refractivity contribution in [3.05, 3.63) is 35.9 Å². The van der Waals surface area contributed by atoms with E-state index in [1.54, 1.807) is 14.2 Å². The Bertz CT molecular complexity index is 723. The fraction of sp³-hybridized carbons (Fsp3) is 0.750. The van der Waals surface area contributed by atoms with Gasteiger partial charge >= 0.3 is 0 Å². The van der Waals surface area contributed by atoms with Gasteiger partial charge in [-0.3, -0.25) is 0 Å². The normalized spacial score (nSPS) is 37.9. The summed E-state index contributed by atoms with van der Waals surface area (Å²) < 4.78 is 52.4. The molecular formula is C24H38O11. The van der Waals surface area contributed by atoms with E-state index in [4.69, 9.17) is 42.6 Å². The van der Waals surface area contributed by atoms with Gasteiger partial charge in [-0.2, -0.15) is 0 Å². The molecular weight excluding hydrogens is 464 g/mol. The molecule has 0 radical (unpaired) electrons. The van der Waals surface area contributed by atoms with Crippen LogP contribution in [0.5, 0.6) is 0 Å². The van der Waals surface area contributed by atoms with E-state index in [-0.39, 0.29) is 6.61 Å². The minimum atomic E-state index is -1.11. The first kappa shape index (κ1) is 28.4. The quantitative estimate of drug-likeness (QED) is 0.404. The molecule has 10 atom stereocenters. The number of hydrogen-bond donors (Lipinski definition) is 2. The van der Waals surface area contributed by atoms with E-state index in [0.717, 1.165) is 5.56 Å². The van der Waals surface area contributed by atoms with E-state index in [0.29, 0.717) is 6.61 Å². The topological polar surface area (TPSA) is 124 Å². The first-order chi connectivity index (χ1) is 17.0. The third kappa shape index (κ3) is 6.56. The zero-order valence-electron chi connectivity index (χ0n) is 20.9. The Morgan fingerprint density at radius 3 is 1.97 bits per heavy atom. The van der Waals surface area contributed by atoms with Crippen molar-refractivity contribution in [3.8, 4) is 0 Å². The van der Waals surface area contributed by atoms with Gasteiger partial charge in [-0.05, 0) is 5.56 Å². The van der Waals surface area contributed by atoms with Gasteiger partial charge in [0.2, 0.25) is 0 Å². The lowest BCUT2D eigenvalue weighted by Crippen LogP contribution is -2.65. The Hall–Kier alpha value is -1.22. The molecule has 0 bridgehead atoms. The molecule has 4 unspecified atom stereocenters. The van der Waals surface area contributed by atoms with Crippen LogP contribution in [0, 0.1) is 0 Å². The van der Waals surface area contributed by atoms with Crippen LogP contribution in [0.25, 0.3) is 0 Å². The highest BCUT2D eigenvalue weighted by Crippen LogP contribution is 2.33. The zero-order chi connectivity index (χ0) is 25.4. The second-order valence-corrected chi connectivity index (χ2v) is 8.41. The van der Waals surface area contributed by atoms with E-state index in [1.165, 1.54) is 21.3 Å². The van der Waals surface area contributed by atoms with Gasteiger partial charge in [-0.25, -0.2) is 0 Å². The molecule has 1 aromatic carbocycles. The van der Waals surface area contributed by atoms with Crippen LogP contribution in [-0.4, -0.2) is 120 Å². The molecule has 1 aromatic rings. The molecule has 2 aliphatic heterocycles.